The van der Waals surface area contributed by atoms with E-state index in [4.69, 9.17) is 9.47 Å². The van der Waals surface area contributed by atoms with Crippen molar-refractivity contribution in [3.63, 3.8) is 0 Å². The van der Waals surface area contributed by atoms with Crippen LogP contribution in [0.5, 0.6) is 0 Å². The normalized spacial score (nSPS) is 25.6. The lowest BCUT2D eigenvalue weighted by atomic mass is 9.78. The Morgan fingerprint density at radius 3 is 2.53 bits per heavy atom. The van der Waals surface area contributed by atoms with E-state index in [2.05, 4.69) is 33.0 Å². The van der Waals surface area contributed by atoms with Crippen molar-refractivity contribution in [3.8, 4) is 0 Å². The number of methoxy groups -OCH3 is 1. The summed E-state index contributed by atoms with van der Waals surface area (Å²) in [6.07, 6.45) is 2.65. The molecule has 0 radical (unpaired) electrons. The van der Waals surface area contributed by atoms with Gasteiger partial charge in [0.25, 0.3) is 0 Å². The lowest BCUT2D eigenvalue weighted by molar-refractivity contribution is -0.0522. The van der Waals surface area contributed by atoms with Crippen molar-refractivity contribution < 1.29 is 9.47 Å². The Hall–Kier alpha value is -0.120. The molecule has 102 valence electrons. The number of hydrogen-bond acceptors (Lipinski definition) is 3. The van der Waals surface area contributed by atoms with E-state index < -0.39 is 0 Å². The van der Waals surface area contributed by atoms with Crippen LogP contribution in [0.15, 0.2) is 0 Å². The van der Waals surface area contributed by atoms with E-state index in [1.807, 2.05) is 7.11 Å². The quantitative estimate of drug-likeness (QED) is 0.804. The van der Waals surface area contributed by atoms with Crippen LogP contribution in [-0.2, 0) is 9.47 Å². The van der Waals surface area contributed by atoms with Gasteiger partial charge < -0.3 is 14.8 Å². The first-order chi connectivity index (χ1) is 8.00. The molecule has 1 rings (SSSR count). The summed E-state index contributed by atoms with van der Waals surface area (Å²) in [6.45, 7) is 11.7. The van der Waals surface area contributed by atoms with Gasteiger partial charge >= 0.3 is 0 Å². The van der Waals surface area contributed by atoms with E-state index in [9.17, 15) is 0 Å². The second-order valence-electron chi connectivity index (χ2n) is 6.08. The van der Waals surface area contributed by atoms with Gasteiger partial charge in [-0.15, -0.1) is 0 Å². The third kappa shape index (κ3) is 4.23. The van der Waals surface area contributed by atoms with E-state index in [-0.39, 0.29) is 11.5 Å². The maximum atomic E-state index is 5.76. The molecule has 3 atom stereocenters. The molecule has 17 heavy (non-hydrogen) atoms. The molecule has 1 aliphatic heterocycles. The van der Waals surface area contributed by atoms with Gasteiger partial charge in [0.2, 0.25) is 0 Å². The van der Waals surface area contributed by atoms with Crippen LogP contribution in [-0.4, -0.2) is 39.0 Å². The predicted octanol–water partition coefficient (Wildman–Crippen LogP) is 2.45. The van der Waals surface area contributed by atoms with Crippen molar-refractivity contribution >= 4 is 0 Å². The van der Waals surface area contributed by atoms with Crippen LogP contribution in [0.1, 0.15) is 40.5 Å². The Morgan fingerprint density at radius 1 is 1.41 bits per heavy atom. The molecule has 1 fully saturated rings. The average molecular weight is 243 g/mol. The van der Waals surface area contributed by atoms with E-state index in [0.717, 1.165) is 19.8 Å². The van der Waals surface area contributed by atoms with Crippen LogP contribution in [0, 0.1) is 11.3 Å². The molecular formula is C14H29NO2. The van der Waals surface area contributed by atoms with Crippen molar-refractivity contribution in [1.29, 1.82) is 0 Å². The van der Waals surface area contributed by atoms with Crippen LogP contribution in [0.4, 0.5) is 0 Å². The third-order valence-corrected chi connectivity index (χ3v) is 3.58. The van der Waals surface area contributed by atoms with Crippen LogP contribution in [0.2, 0.25) is 0 Å². The number of rotatable bonds is 5. The lowest BCUT2D eigenvalue weighted by Gasteiger charge is -2.41. The standard InChI is InChI=1S/C14H29NO2/c1-6-15-12(11-8-7-9-17-10-11)13(16-5)14(2,3)4/h11-13,15H,6-10H2,1-5H3. The highest BCUT2D eigenvalue weighted by Crippen LogP contribution is 2.30. The van der Waals surface area contributed by atoms with Crippen molar-refractivity contribution in [1.82, 2.24) is 5.32 Å². The number of hydrogen-bond donors (Lipinski definition) is 1. The fourth-order valence-corrected chi connectivity index (χ4v) is 2.84. The molecule has 0 aromatic carbocycles. The Kier molecular flexibility index (Phi) is 5.90. The molecule has 0 bridgehead atoms. The summed E-state index contributed by atoms with van der Waals surface area (Å²) < 4.78 is 11.4. The van der Waals surface area contributed by atoms with Gasteiger partial charge in [0.05, 0.1) is 12.7 Å². The highest BCUT2D eigenvalue weighted by atomic mass is 16.5. The van der Waals surface area contributed by atoms with Gasteiger partial charge in [-0.25, -0.2) is 0 Å². The smallest absolute Gasteiger partial charge is 0.0775 e. The maximum Gasteiger partial charge on any atom is 0.0775 e. The van der Waals surface area contributed by atoms with Gasteiger partial charge in [0, 0.05) is 25.7 Å². The zero-order chi connectivity index (χ0) is 12.9. The van der Waals surface area contributed by atoms with E-state index >= 15 is 0 Å². The summed E-state index contributed by atoms with van der Waals surface area (Å²) >= 11 is 0. The summed E-state index contributed by atoms with van der Waals surface area (Å²) in [5, 5.41) is 3.60. The second-order valence-corrected chi connectivity index (χ2v) is 6.08. The summed E-state index contributed by atoms with van der Waals surface area (Å²) in [5.74, 6) is 0.577. The number of ether oxygens (including phenoxy) is 2. The highest BCUT2D eigenvalue weighted by Gasteiger charge is 2.37. The first-order valence-corrected chi connectivity index (χ1v) is 6.84. The lowest BCUT2D eigenvalue weighted by Crippen LogP contribution is -2.53. The molecule has 0 aromatic rings. The van der Waals surface area contributed by atoms with Gasteiger partial charge in [-0.2, -0.15) is 0 Å². The maximum absolute atomic E-state index is 5.76. The molecule has 3 nitrogen and oxygen atoms in total. The average Bonchev–Trinajstić information content (AvgIpc) is 2.28. The number of nitrogens with one attached hydrogen (secondary N) is 1. The SMILES string of the molecule is CCNC(C1CCCOC1)C(OC)C(C)(C)C. The topological polar surface area (TPSA) is 30.5 Å². The first-order valence-electron chi connectivity index (χ1n) is 6.84. The molecule has 3 heteroatoms. The molecule has 1 saturated heterocycles. The van der Waals surface area contributed by atoms with Gasteiger partial charge in [-0.1, -0.05) is 27.7 Å². The molecule has 0 spiro atoms. The number of likely N-dealkylation sites (N-methyl/N-ethyl adjacent to an activating group) is 1. The Labute approximate surface area is 106 Å². The van der Waals surface area contributed by atoms with Gasteiger partial charge in [0.15, 0.2) is 0 Å². The monoisotopic (exact) mass is 243 g/mol. The Morgan fingerprint density at radius 2 is 2.12 bits per heavy atom. The van der Waals surface area contributed by atoms with Gasteiger partial charge in [0.1, 0.15) is 0 Å². The summed E-state index contributed by atoms with van der Waals surface area (Å²) in [5.41, 5.74) is 0.152. The first kappa shape index (κ1) is 14.9. The van der Waals surface area contributed by atoms with Crippen molar-refractivity contribution in [3.05, 3.63) is 0 Å². The van der Waals surface area contributed by atoms with Crippen LogP contribution < -0.4 is 5.32 Å². The van der Waals surface area contributed by atoms with Gasteiger partial charge in [-0.05, 0) is 24.8 Å². The van der Waals surface area contributed by atoms with Crippen molar-refractivity contribution in [2.75, 3.05) is 26.9 Å². The molecule has 0 amide bonds. The zero-order valence-corrected chi connectivity index (χ0v) is 12.1. The molecule has 0 saturated carbocycles. The van der Waals surface area contributed by atoms with E-state index in [0.29, 0.717) is 12.0 Å². The minimum absolute atomic E-state index is 0.152. The van der Waals surface area contributed by atoms with Crippen LogP contribution in [0.25, 0.3) is 0 Å². The Bertz CT molecular complexity index is 207. The van der Waals surface area contributed by atoms with E-state index in [1.54, 1.807) is 0 Å². The largest absolute Gasteiger partial charge is 0.381 e. The molecular weight excluding hydrogens is 214 g/mol. The van der Waals surface area contributed by atoms with Crippen LogP contribution in [0.3, 0.4) is 0 Å². The zero-order valence-electron chi connectivity index (χ0n) is 12.1. The molecule has 1 aliphatic rings. The fourth-order valence-electron chi connectivity index (χ4n) is 2.84. The molecule has 1 N–H and O–H groups in total. The highest BCUT2D eigenvalue weighted by molar-refractivity contribution is 4.91. The second kappa shape index (κ2) is 6.72. The summed E-state index contributed by atoms with van der Waals surface area (Å²) in [6, 6.07) is 0.394. The van der Waals surface area contributed by atoms with Crippen LogP contribution >= 0.6 is 0 Å². The molecule has 1 heterocycles. The molecule has 0 aromatic heterocycles. The molecule has 3 unspecified atom stereocenters. The fraction of sp³-hybridized carbons (Fsp3) is 1.00. The minimum Gasteiger partial charge on any atom is -0.381 e. The van der Waals surface area contributed by atoms with Gasteiger partial charge in [-0.3, -0.25) is 0 Å². The van der Waals surface area contributed by atoms with E-state index in [1.165, 1.54) is 12.8 Å². The summed E-state index contributed by atoms with van der Waals surface area (Å²) in [7, 11) is 1.82. The summed E-state index contributed by atoms with van der Waals surface area (Å²) in [4.78, 5) is 0. The predicted molar refractivity (Wildman–Crippen MR) is 71.3 cm³/mol. The van der Waals surface area contributed by atoms with Crippen molar-refractivity contribution in [2.24, 2.45) is 11.3 Å². The minimum atomic E-state index is 0.152. The van der Waals surface area contributed by atoms with Crippen molar-refractivity contribution in [2.45, 2.75) is 52.7 Å². The molecule has 0 aliphatic carbocycles. The Balaban J connectivity index is 2.74. The third-order valence-electron chi connectivity index (χ3n) is 3.58.